The molecule has 0 saturated heterocycles. The van der Waals surface area contributed by atoms with E-state index in [-0.39, 0.29) is 41.1 Å². The summed E-state index contributed by atoms with van der Waals surface area (Å²) in [6, 6.07) is 0.352. The Hall–Kier alpha value is -2.39. The van der Waals surface area contributed by atoms with E-state index in [1.807, 2.05) is 0 Å². The van der Waals surface area contributed by atoms with Crippen molar-refractivity contribution in [3.05, 3.63) is 39.4 Å². The number of aromatic amines is 1. The fourth-order valence-corrected chi connectivity index (χ4v) is 3.50. The minimum atomic E-state index is -0.347. The molecule has 2 heterocycles. The van der Waals surface area contributed by atoms with Crippen molar-refractivity contribution in [3.8, 4) is 0 Å². The molecule has 1 saturated carbocycles. The number of rotatable bonds is 7. The minimum absolute atomic E-state index is 0.111. The van der Waals surface area contributed by atoms with Gasteiger partial charge < -0.3 is 21.4 Å². The van der Waals surface area contributed by atoms with Gasteiger partial charge in [0, 0.05) is 36.9 Å². The number of aromatic nitrogens is 4. The minimum Gasteiger partial charge on any atom is -0.363 e. The summed E-state index contributed by atoms with van der Waals surface area (Å²) < 4.78 is 1.36. The van der Waals surface area contributed by atoms with Gasteiger partial charge in [0.05, 0.1) is 12.0 Å². The van der Waals surface area contributed by atoms with Gasteiger partial charge in [-0.25, -0.2) is 9.97 Å². The molecule has 10 heteroatoms. The number of H-pyrrole nitrogens is 1. The van der Waals surface area contributed by atoms with Crippen LogP contribution in [0.1, 0.15) is 37.1 Å². The number of hydrogen-bond donors (Lipinski definition) is 4. The topological polar surface area (TPSA) is 131 Å². The molecular weight excluding hydrogens is 382 g/mol. The third-order valence-corrected chi connectivity index (χ3v) is 5.40. The maximum Gasteiger partial charge on any atom is 0.294 e. The number of nitrogens with two attached hydrogens (primary N) is 1. The number of carbonyl (C=O) groups excluding carboxylic acids is 1. The Morgan fingerprint density at radius 2 is 2.14 bits per heavy atom. The maximum absolute atomic E-state index is 12.8. The Balaban J connectivity index is 1.65. The normalized spacial score (nSPS) is 19.4. The second-order valence-electron chi connectivity index (χ2n) is 7.16. The van der Waals surface area contributed by atoms with E-state index < -0.39 is 0 Å². The zero-order chi connectivity index (χ0) is 20.1. The zero-order valence-electron chi connectivity index (χ0n) is 15.9. The van der Waals surface area contributed by atoms with E-state index in [4.69, 9.17) is 17.3 Å². The number of halogens is 1. The Morgan fingerprint density at radius 1 is 1.39 bits per heavy atom. The van der Waals surface area contributed by atoms with Crippen LogP contribution in [0.5, 0.6) is 0 Å². The molecule has 2 aromatic rings. The van der Waals surface area contributed by atoms with E-state index in [0.717, 1.165) is 31.4 Å². The third-order valence-electron chi connectivity index (χ3n) is 5.05. The number of anilines is 1. The Labute approximate surface area is 168 Å². The van der Waals surface area contributed by atoms with Crippen molar-refractivity contribution in [1.29, 1.82) is 0 Å². The first-order valence-electron chi connectivity index (χ1n) is 9.47. The summed E-state index contributed by atoms with van der Waals surface area (Å²) in [6.45, 7) is 2.01. The number of amides is 1. The SMILES string of the molecule is Cc1c(Cl)nc(NC2CCC(N)CC2)c(=O)n1CC(=O)NCCc1cnc[nH]1. The molecule has 1 aliphatic carbocycles. The summed E-state index contributed by atoms with van der Waals surface area (Å²) >= 11 is 6.21. The Morgan fingerprint density at radius 3 is 2.82 bits per heavy atom. The molecule has 0 aromatic carbocycles. The van der Waals surface area contributed by atoms with E-state index in [9.17, 15) is 9.59 Å². The molecule has 0 aliphatic heterocycles. The van der Waals surface area contributed by atoms with Crippen molar-refractivity contribution >= 4 is 23.3 Å². The molecule has 9 nitrogen and oxygen atoms in total. The van der Waals surface area contributed by atoms with Crippen molar-refractivity contribution in [2.75, 3.05) is 11.9 Å². The Kier molecular flexibility index (Phi) is 6.69. The Bertz CT molecular complexity index is 858. The molecule has 0 spiro atoms. The fourth-order valence-electron chi connectivity index (χ4n) is 3.32. The second kappa shape index (κ2) is 9.20. The van der Waals surface area contributed by atoms with Gasteiger partial charge in [-0.2, -0.15) is 0 Å². The largest absolute Gasteiger partial charge is 0.363 e. The van der Waals surface area contributed by atoms with Crippen LogP contribution in [-0.2, 0) is 17.8 Å². The number of nitrogens with one attached hydrogen (secondary N) is 3. The number of nitrogens with zero attached hydrogens (tertiary/aromatic N) is 3. The van der Waals surface area contributed by atoms with E-state index >= 15 is 0 Å². The predicted molar refractivity (Wildman–Crippen MR) is 107 cm³/mol. The van der Waals surface area contributed by atoms with E-state index in [1.165, 1.54) is 4.57 Å². The molecule has 1 amide bonds. The molecule has 0 unspecified atom stereocenters. The zero-order valence-corrected chi connectivity index (χ0v) is 16.6. The van der Waals surface area contributed by atoms with Crippen molar-refractivity contribution in [3.63, 3.8) is 0 Å². The third kappa shape index (κ3) is 5.11. The summed E-state index contributed by atoms with van der Waals surface area (Å²) in [4.78, 5) is 36.2. The molecule has 1 aliphatic rings. The lowest BCUT2D eigenvalue weighted by atomic mass is 9.92. The average Bonchev–Trinajstić information content (AvgIpc) is 3.18. The fraction of sp³-hybridized carbons (Fsp3) is 0.556. The highest BCUT2D eigenvalue weighted by atomic mass is 35.5. The molecule has 152 valence electrons. The lowest BCUT2D eigenvalue weighted by Crippen LogP contribution is -2.38. The summed E-state index contributed by atoms with van der Waals surface area (Å²) in [5.41, 5.74) is 6.98. The summed E-state index contributed by atoms with van der Waals surface area (Å²) in [5.74, 6) is -0.0806. The smallest absolute Gasteiger partial charge is 0.294 e. The molecule has 1 fully saturated rings. The van der Waals surface area contributed by atoms with Crippen LogP contribution in [0, 0.1) is 6.92 Å². The highest BCUT2D eigenvalue weighted by Gasteiger charge is 2.21. The molecule has 0 bridgehead atoms. The molecular formula is C18H26ClN7O2. The van der Waals surface area contributed by atoms with Crippen LogP contribution in [-0.4, -0.2) is 44.1 Å². The monoisotopic (exact) mass is 407 g/mol. The predicted octanol–water partition coefficient (Wildman–Crippen LogP) is 0.969. The summed E-state index contributed by atoms with van der Waals surface area (Å²) in [6.07, 6.45) is 7.50. The van der Waals surface area contributed by atoms with Crippen LogP contribution >= 0.6 is 11.6 Å². The molecule has 0 atom stereocenters. The molecule has 0 radical (unpaired) electrons. The molecule has 5 N–H and O–H groups in total. The van der Waals surface area contributed by atoms with Gasteiger partial charge in [0.15, 0.2) is 11.0 Å². The van der Waals surface area contributed by atoms with Crippen LogP contribution in [0.3, 0.4) is 0 Å². The average molecular weight is 408 g/mol. The molecule has 28 heavy (non-hydrogen) atoms. The van der Waals surface area contributed by atoms with E-state index in [0.29, 0.717) is 18.7 Å². The number of imidazole rings is 1. The van der Waals surface area contributed by atoms with Gasteiger partial charge in [-0.1, -0.05) is 11.6 Å². The van der Waals surface area contributed by atoms with Crippen LogP contribution < -0.4 is 21.9 Å². The standard InChI is InChI=1S/C18H26ClN7O2/c1-11-16(19)25-17(24-13-4-2-12(20)3-5-13)18(28)26(11)9-15(27)22-7-6-14-8-21-10-23-14/h8,10,12-13H,2-7,9,20H2,1H3,(H,21,23)(H,22,27)(H,24,25). The lowest BCUT2D eigenvalue weighted by Gasteiger charge is -2.27. The van der Waals surface area contributed by atoms with Gasteiger partial charge in [0.1, 0.15) is 6.54 Å². The maximum atomic E-state index is 12.8. The van der Waals surface area contributed by atoms with Crippen molar-refractivity contribution < 1.29 is 4.79 Å². The van der Waals surface area contributed by atoms with Gasteiger partial charge in [-0.05, 0) is 32.6 Å². The van der Waals surface area contributed by atoms with Gasteiger partial charge in [0.25, 0.3) is 5.56 Å². The second-order valence-corrected chi connectivity index (χ2v) is 7.52. The van der Waals surface area contributed by atoms with E-state index in [1.54, 1.807) is 19.4 Å². The van der Waals surface area contributed by atoms with Crippen LogP contribution in [0.25, 0.3) is 0 Å². The molecule has 3 rings (SSSR count). The summed E-state index contributed by atoms with van der Waals surface area (Å²) in [5, 5.41) is 6.20. The van der Waals surface area contributed by atoms with Crippen LogP contribution in [0.2, 0.25) is 5.15 Å². The highest BCUT2D eigenvalue weighted by Crippen LogP contribution is 2.20. The van der Waals surface area contributed by atoms with Gasteiger partial charge >= 0.3 is 0 Å². The van der Waals surface area contributed by atoms with Crippen molar-refractivity contribution in [2.24, 2.45) is 5.73 Å². The van der Waals surface area contributed by atoms with Crippen molar-refractivity contribution in [2.45, 2.75) is 57.7 Å². The summed E-state index contributed by atoms with van der Waals surface area (Å²) in [7, 11) is 0. The van der Waals surface area contributed by atoms with Gasteiger partial charge in [0.2, 0.25) is 5.91 Å². The highest BCUT2D eigenvalue weighted by molar-refractivity contribution is 6.30. The van der Waals surface area contributed by atoms with Gasteiger partial charge in [-0.3, -0.25) is 14.2 Å². The van der Waals surface area contributed by atoms with Crippen molar-refractivity contribution in [1.82, 2.24) is 24.8 Å². The quantitative estimate of drug-likeness (QED) is 0.541. The number of hydrogen-bond acceptors (Lipinski definition) is 6. The first-order valence-corrected chi connectivity index (χ1v) is 9.85. The lowest BCUT2D eigenvalue weighted by molar-refractivity contribution is -0.121. The van der Waals surface area contributed by atoms with Crippen LogP contribution in [0.4, 0.5) is 5.82 Å². The van der Waals surface area contributed by atoms with E-state index in [2.05, 4.69) is 25.6 Å². The first-order chi connectivity index (χ1) is 13.4. The molecule has 2 aromatic heterocycles. The van der Waals surface area contributed by atoms with Crippen LogP contribution in [0.15, 0.2) is 17.3 Å². The first kappa shape index (κ1) is 20.3. The van der Waals surface area contributed by atoms with Gasteiger partial charge in [-0.15, -0.1) is 0 Å². The number of carbonyl (C=O) groups is 1.